The van der Waals surface area contributed by atoms with Gasteiger partial charge in [-0.15, -0.1) is 11.3 Å². The maximum Gasteiger partial charge on any atom is 0.232 e. The Morgan fingerprint density at radius 3 is 2.74 bits per heavy atom. The third kappa shape index (κ3) is 2.03. The summed E-state index contributed by atoms with van der Waals surface area (Å²) < 4.78 is 1.07. The van der Waals surface area contributed by atoms with Crippen LogP contribution in [0.2, 0.25) is 0 Å². The first-order chi connectivity index (χ1) is 8.93. The molecule has 5 heteroatoms. The molecule has 1 saturated carbocycles. The second-order valence-electron chi connectivity index (χ2n) is 5.69. The van der Waals surface area contributed by atoms with Crippen molar-refractivity contribution in [3.8, 4) is 0 Å². The molecule has 0 bridgehead atoms. The van der Waals surface area contributed by atoms with E-state index in [1.54, 1.807) is 23.3 Å². The van der Waals surface area contributed by atoms with E-state index in [0.717, 1.165) is 17.3 Å². The number of allylic oxidation sites excluding steroid dienone is 1. The van der Waals surface area contributed by atoms with Gasteiger partial charge in [-0.2, -0.15) is 0 Å². The van der Waals surface area contributed by atoms with Crippen molar-refractivity contribution in [1.82, 2.24) is 4.90 Å². The van der Waals surface area contributed by atoms with E-state index in [9.17, 15) is 4.79 Å². The van der Waals surface area contributed by atoms with Gasteiger partial charge in [0.1, 0.15) is 5.82 Å². The first-order valence-corrected chi connectivity index (χ1v) is 8.11. The molecule has 3 nitrogen and oxygen atoms in total. The molecule has 3 rings (SSSR count). The summed E-state index contributed by atoms with van der Waals surface area (Å²) in [5, 5.41) is 2.07. The van der Waals surface area contributed by atoms with E-state index in [1.165, 1.54) is 4.88 Å². The van der Waals surface area contributed by atoms with Crippen LogP contribution in [-0.4, -0.2) is 17.9 Å². The van der Waals surface area contributed by atoms with Crippen LogP contribution in [0, 0.1) is 11.8 Å². The molecule has 1 aromatic heterocycles. The normalized spacial score (nSPS) is 31.5. The van der Waals surface area contributed by atoms with Gasteiger partial charge in [-0.1, -0.05) is 6.92 Å². The predicted octanol–water partition coefficient (Wildman–Crippen LogP) is 3.07. The fourth-order valence-electron chi connectivity index (χ4n) is 3.03. The van der Waals surface area contributed by atoms with E-state index >= 15 is 0 Å². The fourth-order valence-corrected chi connectivity index (χ4v) is 4.63. The molecule has 0 saturated heterocycles. The summed E-state index contributed by atoms with van der Waals surface area (Å²) in [6, 6.07) is 2.11. The van der Waals surface area contributed by atoms with Gasteiger partial charge in [-0.3, -0.25) is 4.79 Å². The van der Waals surface area contributed by atoms with Crippen molar-refractivity contribution < 1.29 is 4.79 Å². The minimum Gasteiger partial charge on any atom is -0.385 e. The van der Waals surface area contributed by atoms with Gasteiger partial charge in [0.05, 0.1) is 5.92 Å². The SMILES string of the molecule is CN1C(=O)[C@@H](C2CC2)[C@@](C)(c2cc(Br)cs2)C=C1N. The van der Waals surface area contributed by atoms with Crippen LogP contribution in [-0.2, 0) is 10.2 Å². The lowest BCUT2D eigenvalue weighted by Crippen LogP contribution is -2.49. The number of hydrogen-bond donors (Lipinski definition) is 1. The van der Waals surface area contributed by atoms with Crippen LogP contribution in [0.3, 0.4) is 0 Å². The van der Waals surface area contributed by atoms with Crippen LogP contribution < -0.4 is 5.73 Å². The van der Waals surface area contributed by atoms with Crippen molar-refractivity contribution in [3.05, 3.63) is 32.7 Å². The number of amides is 1. The van der Waals surface area contributed by atoms with Gasteiger partial charge >= 0.3 is 0 Å². The maximum atomic E-state index is 12.6. The zero-order valence-electron chi connectivity index (χ0n) is 11.0. The molecule has 0 radical (unpaired) electrons. The average molecular weight is 341 g/mol. The Kier molecular flexibility index (Phi) is 3.02. The summed E-state index contributed by atoms with van der Waals surface area (Å²) in [5.41, 5.74) is 5.76. The zero-order valence-corrected chi connectivity index (χ0v) is 13.4. The molecule has 1 amide bonds. The van der Waals surface area contributed by atoms with E-state index in [1.807, 2.05) is 0 Å². The van der Waals surface area contributed by atoms with Crippen LogP contribution in [0.25, 0.3) is 0 Å². The van der Waals surface area contributed by atoms with Gasteiger partial charge in [0.25, 0.3) is 0 Å². The Morgan fingerprint density at radius 1 is 1.53 bits per heavy atom. The highest BCUT2D eigenvalue weighted by atomic mass is 79.9. The van der Waals surface area contributed by atoms with Crippen molar-refractivity contribution in [3.63, 3.8) is 0 Å². The van der Waals surface area contributed by atoms with Crippen molar-refractivity contribution in [2.45, 2.75) is 25.2 Å². The molecule has 1 aliphatic carbocycles. The van der Waals surface area contributed by atoms with E-state index in [-0.39, 0.29) is 17.2 Å². The molecule has 2 heterocycles. The number of halogens is 1. The lowest BCUT2D eigenvalue weighted by Gasteiger charge is -2.41. The summed E-state index contributed by atoms with van der Waals surface area (Å²) in [5.74, 6) is 1.25. The number of nitrogens with two attached hydrogens (primary N) is 1. The number of carbonyl (C=O) groups excluding carboxylic acids is 1. The number of carbonyl (C=O) groups is 1. The molecule has 2 aliphatic rings. The third-order valence-electron chi connectivity index (χ3n) is 4.27. The fraction of sp³-hybridized carbons (Fsp3) is 0.500. The molecule has 0 spiro atoms. The molecule has 19 heavy (non-hydrogen) atoms. The first-order valence-electron chi connectivity index (χ1n) is 6.44. The maximum absolute atomic E-state index is 12.6. The summed E-state index contributed by atoms with van der Waals surface area (Å²) in [6.45, 7) is 2.14. The second-order valence-corrected chi connectivity index (χ2v) is 7.52. The molecule has 1 fully saturated rings. The summed E-state index contributed by atoms with van der Waals surface area (Å²) in [6.07, 6.45) is 4.37. The summed E-state index contributed by atoms with van der Waals surface area (Å²) in [4.78, 5) is 15.4. The standard InChI is InChI=1S/C14H17BrN2OS/c1-14(10-5-9(15)7-19-10)6-11(16)17(2)13(18)12(14)8-3-4-8/h5-8,12H,3-4,16H2,1-2H3/t12-,14-/m1/s1. The van der Waals surface area contributed by atoms with Gasteiger partial charge in [0.2, 0.25) is 5.91 Å². The van der Waals surface area contributed by atoms with E-state index in [4.69, 9.17) is 5.73 Å². The van der Waals surface area contributed by atoms with E-state index < -0.39 is 0 Å². The smallest absolute Gasteiger partial charge is 0.232 e. The van der Waals surface area contributed by atoms with Crippen molar-refractivity contribution in [2.75, 3.05) is 7.05 Å². The van der Waals surface area contributed by atoms with Crippen LogP contribution in [0.1, 0.15) is 24.6 Å². The van der Waals surface area contributed by atoms with Gasteiger partial charge in [-0.25, -0.2) is 0 Å². The third-order valence-corrected chi connectivity index (χ3v) is 6.21. The molecule has 1 aromatic rings. The zero-order chi connectivity index (χ0) is 13.8. The minimum absolute atomic E-state index is 0.0235. The summed E-state index contributed by atoms with van der Waals surface area (Å²) >= 11 is 5.19. The van der Waals surface area contributed by atoms with E-state index in [0.29, 0.717) is 11.7 Å². The Labute approximate surface area is 125 Å². The molecule has 1 aliphatic heterocycles. The van der Waals surface area contributed by atoms with Crippen LogP contribution in [0.4, 0.5) is 0 Å². The molecular weight excluding hydrogens is 324 g/mol. The molecule has 0 unspecified atom stereocenters. The van der Waals surface area contributed by atoms with Gasteiger partial charge < -0.3 is 10.6 Å². The predicted molar refractivity (Wildman–Crippen MR) is 80.6 cm³/mol. The highest BCUT2D eigenvalue weighted by Crippen LogP contribution is 2.52. The second kappa shape index (κ2) is 4.35. The number of nitrogens with zero attached hydrogens (tertiary/aromatic N) is 1. The van der Waals surface area contributed by atoms with Crippen molar-refractivity contribution in [1.29, 1.82) is 0 Å². The van der Waals surface area contributed by atoms with Crippen molar-refractivity contribution in [2.24, 2.45) is 17.6 Å². The molecule has 0 aromatic carbocycles. The van der Waals surface area contributed by atoms with Gasteiger partial charge in [0, 0.05) is 27.2 Å². The van der Waals surface area contributed by atoms with Crippen LogP contribution in [0.5, 0.6) is 0 Å². The average Bonchev–Trinajstić information content (AvgIpc) is 3.07. The number of thiophene rings is 1. The van der Waals surface area contributed by atoms with Crippen LogP contribution >= 0.6 is 27.3 Å². The first kappa shape index (κ1) is 13.2. The molecule has 102 valence electrons. The largest absolute Gasteiger partial charge is 0.385 e. The molecular formula is C14H17BrN2OS. The quantitative estimate of drug-likeness (QED) is 0.899. The summed E-state index contributed by atoms with van der Waals surface area (Å²) in [7, 11) is 1.77. The van der Waals surface area contributed by atoms with E-state index in [2.05, 4.69) is 40.4 Å². The molecule has 2 N–H and O–H groups in total. The Hall–Kier alpha value is -0.810. The van der Waals surface area contributed by atoms with Gasteiger partial charge in [0.15, 0.2) is 0 Å². The topological polar surface area (TPSA) is 46.3 Å². The highest BCUT2D eigenvalue weighted by Gasteiger charge is 2.52. The molecule has 2 atom stereocenters. The minimum atomic E-state index is -0.272. The Morgan fingerprint density at radius 2 is 2.21 bits per heavy atom. The monoisotopic (exact) mass is 340 g/mol. The Balaban J connectivity index is 2.12. The Bertz CT molecular complexity index is 564. The number of rotatable bonds is 2. The lowest BCUT2D eigenvalue weighted by molar-refractivity contribution is -0.136. The lowest BCUT2D eigenvalue weighted by atomic mass is 9.70. The van der Waals surface area contributed by atoms with Crippen LogP contribution in [0.15, 0.2) is 27.8 Å². The van der Waals surface area contributed by atoms with Crippen molar-refractivity contribution >= 4 is 33.2 Å². The number of hydrogen-bond acceptors (Lipinski definition) is 3. The highest BCUT2D eigenvalue weighted by molar-refractivity contribution is 9.10. The van der Waals surface area contributed by atoms with Gasteiger partial charge in [-0.05, 0) is 46.8 Å².